The Labute approximate surface area is 144 Å². The van der Waals surface area contributed by atoms with Crippen molar-refractivity contribution in [3.8, 4) is 0 Å². The predicted octanol–water partition coefficient (Wildman–Crippen LogP) is 3.98. The van der Waals surface area contributed by atoms with E-state index in [2.05, 4.69) is 90.5 Å². The molecule has 0 amide bonds. The van der Waals surface area contributed by atoms with Crippen molar-refractivity contribution in [2.24, 2.45) is 0 Å². The fraction of sp³-hybridized carbons (Fsp3) is 0.500. The van der Waals surface area contributed by atoms with Gasteiger partial charge in [-0.15, -0.1) is 5.10 Å². The highest BCUT2D eigenvalue weighted by molar-refractivity contribution is 5.64. The van der Waals surface area contributed by atoms with Gasteiger partial charge in [0, 0.05) is 30.0 Å². The third-order valence-electron chi connectivity index (χ3n) is 3.65. The van der Waals surface area contributed by atoms with Gasteiger partial charge in [-0.05, 0) is 65.3 Å². The molecule has 0 radical (unpaired) electrons. The van der Waals surface area contributed by atoms with Crippen LogP contribution < -0.4 is 15.5 Å². The summed E-state index contributed by atoms with van der Waals surface area (Å²) in [5, 5.41) is 14.7. The van der Waals surface area contributed by atoms with Crippen LogP contribution in [0.1, 0.15) is 40.2 Å². The molecule has 1 heterocycles. The van der Waals surface area contributed by atoms with Gasteiger partial charge in [-0.25, -0.2) is 0 Å². The normalized spacial score (nSPS) is 11.2. The monoisotopic (exact) mass is 328 g/mol. The molecule has 24 heavy (non-hydrogen) atoms. The molecule has 0 aliphatic heterocycles. The molecule has 0 fully saturated rings. The highest BCUT2D eigenvalue weighted by atomic mass is 15.3. The molecule has 0 saturated carbocycles. The summed E-state index contributed by atoms with van der Waals surface area (Å²) in [5.41, 5.74) is 3.29. The van der Waals surface area contributed by atoms with Crippen molar-refractivity contribution in [1.82, 2.24) is 15.2 Å². The molecule has 0 spiro atoms. The Morgan fingerprint density at radius 1 is 1.12 bits per heavy atom. The Morgan fingerprint density at radius 2 is 1.83 bits per heavy atom. The molecular formula is C18H28N6. The van der Waals surface area contributed by atoms with Crippen molar-refractivity contribution in [1.29, 1.82) is 0 Å². The maximum Gasteiger partial charge on any atom is 0.249 e. The second-order valence-corrected chi connectivity index (χ2v) is 6.84. The lowest BCUT2D eigenvalue weighted by Crippen LogP contribution is -2.27. The molecule has 0 atom stereocenters. The van der Waals surface area contributed by atoms with Crippen LogP contribution >= 0.6 is 0 Å². The Kier molecular flexibility index (Phi) is 5.59. The van der Waals surface area contributed by atoms with Crippen LogP contribution in [0.25, 0.3) is 0 Å². The number of nitrogens with zero attached hydrogens (tertiary/aromatic N) is 4. The van der Waals surface area contributed by atoms with E-state index in [1.54, 1.807) is 6.20 Å². The van der Waals surface area contributed by atoms with Crippen LogP contribution in [0, 0.1) is 6.92 Å². The molecule has 0 bridgehead atoms. The maximum atomic E-state index is 4.48. The van der Waals surface area contributed by atoms with Crippen molar-refractivity contribution in [2.75, 3.05) is 28.6 Å². The fourth-order valence-corrected chi connectivity index (χ4v) is 2.49. The average Bonchev–Trinajstić information content (AvgIpc) is 2.50. The Bertz CT molecular complexity index is 673. The van der Waals surface area contributed by atoms with Crippen LogP contribution in [0.3, 0.4) is 0 Å². The number of rotatable bonds is 6. The zero-order chi connectivity index (χ0) is 17.7. The van der Waals surface area contributed by atoms with Gasteiger partial charge in [0.15, 0.2) is 5.82 Å². The first-order valence-corrected chi connectivity index (χ1v) is 8.43. The minimum absolute atomic E-state index is 0.0748. The summed E-state index contributed by atoms with van der Waals surface area (Å²) in [7, 11) is 0. The standard InChI is InChI=1S/C18H28N6/c1-7-24(8-2)14-9-10-15(13(3)11-14)20-17-21-16(12-19-23-17)22-18(4,5)6/h9-12H,7-8H2,1-6H3,(H2,20,21,22,23). The van der Waals surface area contributed by atoms with Gasteiger partial charge in [-0.2, -0.15) is 10.1 Å². The molecule has 0 aliphatic rings. The Morgan fingerprint density at radius 3 is 2.42 bits per heavy atom. The molecule has 1 aromatic carbocycles. The van der Waals surface area contributed by atoms with E-state index in [1.165, 1.54) is 5.69 Å². The van der Waals surface area contributed by atoms with E-state index >= 15 is 0 Å². The van der Waals surface area contributed by atoms with Crippen molar-refractivity contribution in [3.05, 3.63) is 30.0 Å². The topological polar surface area (TPSA) is 66.0 Å². The van der Waals surface area contributed by atoms with E-state index in [9.17, 15) is 0 Å². The molecule has 0 aliphatic carbocycles. The SMILES string of the molecule is CCN(CC)c1ccc(Nc2nncc(NC(C)(C)C)n2)c(C)c1. The van der Waals surface area contributed by atoms with Crippen LogP contribution in [0.2, 0.25) is 0 Å². The largest absolute Gasteiger partial charge is 0.372 e. The number of anilines is 4. The zero-order valence-corrected chi connectivity index (χ0v) is 15.5. The van der Waals surface area contributed by atoms with E-state index in [4.69, 9.17) is 0 Å². The second kappa shape index (κ2) is 7.47. The molecule has 0 unspecified atom stereocenters. The van der Waals surface area contributed by atoms with Gasteiger partial charge < -0.3 is 15.5 Å². The van der Waals surface area contributed by atoms with Gasteiger partial charge in [-0.3, -0.25) is 0 Å². The van der Waals surface area contributed by atoms with Gasteiger partial charge in [0.05, 0.1) is 6.20 Å². The summed E-state index contributed by atoms with van der Waals surface area (Å²) in [6, 6.07) is 6.36. The lowest BCUT2D eigenvalue weighted by Gasteiger charge is -2.22. The number of hydrogen-bond acceptors (Lipinski definition) is 6. The average molecular weight is 328 g/mol. The molecule has 1 aromatic heterocycles. The lowest BCUT2D eigenvalue weighted by molar-refractivity contribution is 0.629. The molecule has 0 saturated heterocycles. The maximum absolute atomic E-state index is 4.48. The van der Waals surface area contributed by atoms with Crippen molar-refractivity contribution in [2.45, 2.75) is 47.1 Å². The first-order chi connectivity index (χ1) is 11.3. The third-order valence-corrected chi connectivity index (χ3v) is 3.65. The minimum Gasteiger partial charge on any atom is -0.372 e. The van der Waals surface area contributed by atoms with E-state index in [1.807, 2.05) is 0 Å². The van der Waals surface area contributed by atoms with Crippen LogP contribution in [-0.4, -0.2) is 33.8 Å². The predicted molar refractivity (Wildman–Crippen MR) is 101 cm³/mol. The van der Waals surface area contributed by atoms with E-state index in [0.717, 1.165) is 24.3 Å². The summed E-state index contributed by atoms with van der Waals surface area (Å²) in [5.74, 6) is 1.19. The molecule has 2 aromatic rings. The highest BCUT2D eigenvalue weighted by Crippen LogP contribution is 2.24. The Hall–Kier alpha value is -2.37. The summed E-state index contributed by atoms with van der Waals surface area (Å²) in [6.45, 7) is 14.7. The fourth-order valence-electron chi connectivity index (χ4n) is 2.49. The smallest absolute Gasteiger partial charge is 0.249 e. The molecule has 6 nitrogen and oxygen atoms in total. The first-order valence-electron chi connectivity index (χ1n) is 8.43. The summed E-state index contributed by atoms with van der Waals surface area (Å²) < 4.78 is 0. The van der Waals surface area contributed by atoms with E-state index in [0.29, 0.717) is 11.8 Å². The van der Waals surface area contributed by atoms with E-state index < -0.39 is 0 Å². The number of nitrogens with one attached hydrogen (secondary N) is 2. The molecule has 2 rings (SSSR count). The van der Waals surface area contributed by atoms with E-state index in [-0.39, 0.29) is 5.54 Å². The van der Waals surface area contributed by atoms with Gasteiger partial charge >= 0.3 is 0 Å². The van der Waals surface area contributed by atoms with Gasteiger partial charge in [-0.1, -0.05) is 0 Å². The van der Waals surface area contributed by atoms with Crippen LogP contribution in [0.15, 0.2) is 24.4 Å². The van der Waals surface area contributed by atoms with Crippen molar-refractivity contribution >= 4 is 23.1 Å². The third kappa shape index (κ3) is 4.81. The van der Waals surface area contributed by atoms with Crippen LogP contribution in [-0.2, 0) is 0 Å². The molecule has 6 heteroatoms. The quantitative estimate of drug-likeness (QED) is 0.836. The number of aryl methyl sites for hydroxylation is 1. The van der Waals surface area contributed by atoms with Crippen molar-refractivity contribution < 1.29 is 0 Å². The minimum atomic E-state index is -0.0748. The first kappa shape index (κ1) is 18.0. The van der Waals surface area contributed by atoms with Gasteiger partial charge in [0.1, 0.15) is 0 Å². The van der Waals surface area contributed by atoms with Crippen LogP contribution in [0.5, 0.6) is 0 Å². The number of aromatic nitrogens is 3. The number of benzene rings is 1. The number of hydrogen-bond donors (Lipinski definition) is 2. The van der Waals surface area contributed by atoms with Gasteiger partial charge in [0.2, 0.25) is 5.95 Å². The summed E-state index contributed by atoms with van der Waals surface area (Å²) in [4.78, 5) is 6.80. The van der Waals surface area contributed by atoms with Crippen LogP contribution in [0.4, 0.5) is 23.1 Å². The lowest BCUT2D eigenvalue weighted by atomic mass is 10.1. The molecular weight excluding hydrogens is 300 g/mol. The summed E-state index contributed by atoms with van der Waals surface area (Å²) in [6.07, 6.45) is 1.63. The van der Waals surface area contributed by atoms with Gasteiger partial charge in [0.25, 0.3) is 0 Å². The molecule has 130 valence electrons. The summed E-state index contributed by atoms with van der Waals surface area (Å²) >= 11 is 0. The highest BCUT2D eigenvalue weighted by Gasteiger charge is 2.12. The van der Waals surface area contributed by atoms with Crippen molar-refractivity contribution in [3.63, 3.8) is 0 Å². The second-order valence-electron chi connectivity index (χ2n) is 6.84. The molecule has 2 N–H and O–H groups in total. The zero-order valence-electron chi connectivity index (χ0n) is 15.5. The Balaban J connectivity index is 2.18.